The van der Waals surface area contributed by atoms with E-state index < -0.39 is 0 Å². The van der Waals surface area contributed by atoms with Gasteiger partial charge in [-0.2, -0.15) is 0 Å². The predicted octanol–water partition coefficient (Wildman–Crippen LogP) is 2.84. The lowest BCUT2D eigenvalue weighted by atomic mass is 9.89. The van der Waals surface area contributed by atoms with Crippen molar-refractivity contribution in [2.24, 2.45) is 10.4 Å². The summed E-state index contributed by atoms with van der Waals surface area (Å²) in [5.41, 5.74) is 1.37. The highest BCUT2D eigenvalue weighted by molar-refractivity contribution is 14.0. The van der Waals surface area contributed by atoms with E-state index in [-0.39, 0.29) is 47.9 Å². The standard InChI is InChI=1S/C20H30N4O2.HI/c1-7-15-10-9-11-16(12-15)24-18(25)14-23-19(21-8-2)22-13-17(26-6)20(3,4)5;/h1,9-12,17H,8,13-14H2,2-6H3,(H,24,25)(H2,21,22,23);1H. The normalized spacial score (nSPS) is 12.4. The average Bonchev–Trinajstić information content (AvgIpc) is 2.59. The highest BCUT2D eigenvalue weighted by Gasteiger charge is 2.24. The van der Waals surface area contributed by atoms with Crippen molar-refractivity contribution in [1.29, 1.82) is 0 Å². The van der Waals surface area contributed by atoms with Gasteiger partial charge >= 0.3 is 0 Å². The Bertz CT molecular complexity index is 663. The number of anilines is 1. The van der Waals surface area contributed by atoms with Gasteiger partial charge in [-0.15, -0.1) is 30.4 Å². The van der Waals surface area contributed by atoms with Crippen molar-refractivity contribution in [1.82, 2.24) is 10.6 Å². The maximum Gasteiger partial charge on any atom is 0.246 e. The molecular formula is C20H31IN4O2. The van der Waals surface area contributed by atoms with Crippen LogP contribution in [0.5, 0.6) is 0 Å². The fourth-order valence-corrected chi connectivity index (χ4v) is 2.31. The van der Waals surface area contributed by atoms with Crippen molar-refractivity contribution in [3.05, 3.63) is 29.8 Å². The summed E-state index contributed by atoms with van der Waals surface area (Å²) in [6, 6.07) is 7.15. The Hall–Kier alpha value is -1.79. The third-order valence-electron chi connectivity index (χ3n) is 3.74. The minimum Gasteiger partial charge on any atom is -0.379 e. The van der Waals surface area contributed by atoms with Crippen molar-refractivity contribution >= 4 is 41.5 Å². The van der Waals surface area contributed by atoms with Gasteiger partial charge in [0.25, 0.3) is 0 Å². The summed E-state index contributed by atoms with van der Waals surface area (Å²) in [7, 11) is 1.69. The molecule has 0 bridgehead atoms. The Labute approximate surface area is 180 Å². The summed E-state index contributed by atoms with van der Waals surface area (Å²) in [5.74, 6) is 2.90. The summed E-state index contributed by atoms with van der Waals surface area (Å²) in [6.45, 7) is 9.62. The molecule has 0 fully saturated rings. The molecule has 0 saturated carbocycles. The van der Waals surface area contributed by atoms with E-state index in [0.717, 1.165) is 0 Å². The number of carbonyl (C=O) groups is 1. The second-order valence-corrected chi connectivity index (χ2v) is 6.94. The first-order valence-electron chi connectivity index (χ1n) is 8.71. The van der Waals surface area contributed by atoms with Gasteiger partial charge in [0.1, 0.15) is 6.54 Å². The molecule has 1 aromatic carbocycles. The van der Waals surface area contributed by atoms with Crippen LogP contribution in [0.25, 0.3) is 0 Å². The number of terminal acetylenes is 1. The first-order valence-corrected chi connectivity index (χ1v) is 8.71. The maximum absolute atomic E-state index is 12.1. The number of guanidine groups is 1. The maximum atomic E-state index is 12.1. The number of hydrogen-bond donors (Lipinski definition) is 3. The molecule has 0 spiro atoms. The van der Waals surface area contributed by atoms with Gasteiger partial charge in [0.15, 0.2) is 5.96 Å². The molecule has 1 rings (SSSR count). The second kappa shape index (κ2) is 12.6. The van der Waals surface area contributed by atoms with E-state index in [1.165, 1.54) is 0 Å². The molecule has 150 valence electrons. The molecule has 0 aliphatic heterocycles. The van der Waals surface area contributed by atoms with Crippen LogP contribution in [0.3, 0.4) is 0 Å². The fourth-order valence-electron chi connectivity index (χ4n) is 2.31. The molecule has 1 unspecified atom stereocenters. The first kappa shape index (κ1) is 25.2. The first-order chi connectivity index (χ1) is 12.3. The third kappa shape index (κ3) is 9.63. The van der Waals surface area contributed by atoms with Crippen LogP contribution in [0.4, 0.5) is 5.69 Å². The molecule has 3 N–H and O–H groups in total. The van der Waals surface area contributed by atoms with Crippen LogP contribution >= 0.6 is 24.0 Å². The van der Waals surface area contributed by atoms with Crippen LogP contribution in [0.2, 0.25) is 0 Å². The number of carbonyl (C=O) groups excluding carboxylic acids is 1. The monoisotopic (exact) mass is 486 g/mol. The third-order valence-corrected chi connectivity index (χ3v) is 3.74. The van der Waals surface area contributed by atoms with Crippen molar-refractivity contribution in [3.8, 4) is 12.3 Å². The van der Waals surface area contributed by atoms with Gasteiger partial charge in [0.05, 0.1) is 6.10 Å². The number of methoxy groups -OCH3 is 1. The van der Waals surface area contributed by atoms with Crippen LogP contribution in [0, 0.1) is 17.8 Å². The van der Waals surface area contributed by atoms with E-state index in [4.69, 9.17) is 11.2 Å². The van der Waals surface area contributed by atoms with Crippen molar-refractivity contribution in [3.63, 3.8) is 0 Å². The molecule has 0 aliphatic rings. The average molecular weight is 486 g/mol. The smallest absolute Gasteiger partial charge is 0.246 e. The van der Waals surface area contributed by atoms with Gasteiger partial charge in [0, 0.05) is 31.5 Å². The van der Waals surface area contributed by atoms with Crippen molar-refractivity contribution in [2.75, 3.05) is 32.1 Å². The molecule has 0 aliphatic carbocycles. The van der Waals surface area contributed by atoms with Crippen LogP contribution in [-0.2, 0) is 9.53 Å². The van der Waals surface area contributed by atoms with E-state index in [1.54, 1.807) is 25.3 Å². The van der Waals surface area contributed by atoms with E-state index in [9.17, 15) is 4.79 Å². The fraction of sp³-hybridized carbons (Fsp3) is 0.500. The Kier molecular flexibility index (Phi) is 11.7. The Morgan fingerprint density at radius 3 is 2.59 bits per heavy atom. The molecule has 7 heteroatoms. The van der Waals surface area contributed by atoms with Gasteiger partial charge in [-0.1, -0.05) is 32.8 Å². The SMILES string of the molecule is C#Cc1cccc(NC(=O)CN=C(NCC)NCC(OC)C(C)(C)C)c1.I. The minimum atomic E-state index is -0.213. The molecule has 27 heavy (non-hydrogen) atoms. The van der Waals surface area contributed by atoms with Gasteiger partial charge in [-0.25, -0.2) is 4.99 Å². The second-order valence-electron chi connectivity index (χ2n) is 6.94. The molecular weight excluding hydrogens is 455 g/mol. The van der Waals surface area contributed by atoms with Gasteiger partial charge < -0.3 is 20.7 Å². The van der Waals surface area contributed by atoms with Crippen molar-refractivity contribution < 1.29 is 9.53 Å². The molecule has 1 atom stereocenters. The number of amides is 1. The number of aliphatic imine (C=N–C) groups is 1. The summed E-state index contributed by atoms with van der Waals surface area (Å²) in [4.78, 5) is 16.5. The van der Waals surface area contributed by atoms with Gasteiger partial charge in [-0.3, -0.25) is 4.79 Å². The molecule has 0 radical (unpaired) electrons. The summed E-state index contributed by atoms with van der Waals surface area (Å²) in [6.07, 6.45) is 5.39. The topological polar surface area (TPSA) is 74.8 Å². The largest absolute Gasteiger partial charge is 0.379 e. The van der Waals surface area contributed by atoms with Gasteiger partial charge in [-0.05, 0) is 30.5 Å². The number of halogens is 1. The van der Waals surface area contributed by atoms with E-state index in [1.807, 2.05) is 13.0 Å². The van der Waals surface area contributed by atoms with Crippen LogP contribution in [0.1, 0.15) is 33.3 Å². The number of benzene rings is 1. The molecule has 6 nitrogen and oxygen atoms in total. The Balaban J connectivity index is 0.00000676. The van der Waals surface area contributed by atoms with E-state index in [2.05, 4.69) is 47.6 Å². The van der Waals surface area contributed by atoms with Crippen molar-refractivity contribution in [2.45, 2.75) is 33.8 Å². The summed E-state index contributed by atoms with van der Waals surface area (Å²) in [5, 5.41) is 9.14. The zero-order valence-electron chi connectivity index (χ0n) is 16.8. The molecule has 0 saturated heterocycles. The zero-order valence-corrected chi connectivity index (χ0v) is 19.1. The number of nitrogens with zero attached hydrogens (tertiary/aromatic N) is 1. The van der Waals surface area contributed by atoms with E-state index in [0.29, 0.717) is 30.3 Å². The molecule has 0 aromatic heterocycles. The molecule has 1 aromatic rings. The van der Waals surface area contributed by atoms with Crippen LogP contribution in [-0.4, -0.2) is 44.7 Å². The number of hydrogen-bond acceptors (Lipinski definition) is 3. The molecule has 0 heterocycles. The lowest BCUT2D eigenvalue weighted by molar-refractivity contribution is -0.114. The predicted molar refractivity (Wildman–Crippen MR) is 123 cm³/mol. The number of rotatable bonds is 7. The quantitative estimate of drug-likeness (QED) is 0.240. The lowest BCUT2D eigenvalue weighted by Gasteiger charge is -2.30. The Morgan fingerprint density at radius 2 is 2.04 bits per heavy atom. The van der Waals surface area contributed by atoms with E-state index >= 15 is 0 Å². The summed E-state index contributed by atoms with van der Waals surface area (Å²) >= 11 is 0. The van der Waals surface area contributed by atoms with Gasteiger partial charge in [0.2, 0.25) is 5.91 Å². The highest BCUT2D eigenvalue weighted by Crippen LogP contribution is 2.20. The summed E-state index contributed by atoms with van der Waals surface area (Å²) < 4.78 is 5.53. The van der Waals surface area contributed by atoms with Crippen LogP contribution < -0.4 is 16.0 Å². The lowest BCUT2D eigenvalue weighted by Crippen LogP contribution is -2.45. The number of ether oxygens (including phenoxy) is 1. The zero-order chi connectivity index (χ0) is 19.6. The number of nitrogens with one attached hydrogen (secondary N) is 3. The molecule has 1 amide bonds. The van der Waals surface area contributed by atoms with Crippen LogP contribution in [0.15, 0.2) is 29.3 Å². The highest BCUT2D eigenvalue weighted by atomic mass is 127. The minimum absolute atomic E-state index is 0. The Morgan fingerprint density at radius 1 is 1.33 bits per heavy atom.